The molecule has 0 spiro atoms. The Balaban J connectivity index is 1.14. The first-order valence-corrected chi connectivity index (χ1v) is 27.3. The van der Waals surface area contributed by atoms with Crippen molar-refractivity contribution >= 4 is 68.3 Å². The normalized spacial score (nSPS) is 15.0. The average Bonchev–Trinajstić information content (AvgIpc) is 3.31. The number of carbonyl (C=O) groups is 1. The van der Waals surface area contributed by atoms with Crippen molar-refractivity contribution in [2.45, 2.75) is 58.5 Å². The fourth-order valence-electron chi connectivity index (χ4n) is 7.76. The third-order valence-corrected chi connectivity index (χ3v) is 16.3. The lowest BCUT2D eigenvalue weighted by Gasteiger charge is -2.36. The first kappa shape index (κ1) is 52.9. The van der Waals surface area contributed by atoms with Gasteiger partial charge in [-0.3, -0.25) is 9.32 Å². The first-order chi connectivity index (χ1) is 32.1. The fourth-order valence-corrected chi connectivity index (χ4v) is 11.2. The number of aliphatic hydroxyl groups excluding tert-OH is 1. The number of amides is 1. The van der Waals surface area contributed by atoms with Gasteiger partial charge in [-0.15, -0.1) is 11.8 Å². The number of thioether (sulfide) groups is 1. The Hall–Kier alpha value is -4.47. The van der Waals surface area contributed by atoms with Crippen LogP contribution < -0.4 is 14.9 Å². The van der Waals surface area contributed by atoms with Gasteiger partial charge in [-0.2, -0.15) is 13.2 Å². The maximum absolute atomic E-state index is 14.2. The molecule has 0 saturated carbocycles. The molecule has 1 aliphatic heterocycles. The second-order valence-electron chi connectivity index (χ2n) is 16.0. The molecule has 5 aromatic rings. The van der Waals surface area contributed by atoms with E-state index in [4.69, 9.17) is 21.4 Å². The number of alkyl halides is 3. The van der Waals surface area contributed by atoms with E-state index in [1.807, 2.05) is 53.3 Å². The molecule has 0 bridgehead atoms. The van der Waals surface area contributed by atoms with Crippen molar-refractivity contribution in [1.29, 1.82) is 0 Å². The largest absolute Gasteiger partial charge is 0.501 e. The molecule has 68 heavy (non-hydrogen) atoms. The Morgan fingerprint density at radius 3 is 2.19 bits per heavy atom. The minimum absolute atomic E-state index is 0.0409. The molecule has 1 fully saturated rings. The number of hydrogen-bond donors (Lipinski definition) is 5. The van der Waals surface area contributed by atoms with Gasteiger partial charge in [-0.1, -0.05) is 73.1 Å². The van der Waals surface area contributed by atoms with Gasteiger partial charge < -0.3 is 30.0 Å². The van der Waals surface area contributed by atoms with E-state index in [0.29, 0.717) is 43.6 Å². The Kier molecular flexibility index (Phi) is 17.9. The second kappa shape index (κ2) is 23.0. The molecule has 2 atom stereocenters. The van der Waals surface area contributed by atoms with Gasteiger partial charge in [-0.25, -0.2) is 26.1 Å². The van der Waals surface area contributed by atoms with E-state index < -0.39 is 66.7 Å². The number of rotatable bonds is 21. The zero-order valence-electron chi connectivity index (χ0n) is 36.6. The third kappa shape index (κ3) is 14.1. The van der Waals surface area contributed by atoms with Gasteiger partial charge in [0.1, 0.15) is 4.90 Å². The summed E-state index contributed by atoms with van der Waals surface area (Å²) in [5.41, 5.74) is -3.06. The van der Waals surface area contributed by atoms with Gasteiger partial charge in [0, 0.05) is 59.1 Å². The lowest BCUT2D eigenvalue weighted by atomic mass is 9.84. The van der Waals surface area contributed by atoms with E-state index >= 15 is 0 Å². The molecule has 0 aromatic heterocycles. The molecule has 0 radical (unpaired) electrons. The SMILES string of the molecule is CCN(CCOP(=O)(O)O)CC[C@@H](CSc1ccccc1)Nc1ccc(S(=O)(=O)NC(=O)c2ccc(N3CCC([C@H](O)c4ccccc4-c4ccc(Cl)cc4)CC3)cc2)cc1S(=O)(=O)C(F)(F)F. The average molecular weight is 1040 g/mol. The first-order valence-electron chi connectivity index (χ1n) is 21.4. The predicted octanol–water partition coefficient (Wildman–Crippen LogP) is 8.76. The number of nitrogens with one attached hydrogen (secondary N) is 2. The topological polar surface area (TPSA) is 203 Å². The van der Waals surface area contributed by atoms with Crippen molar-refractivity contribution in [3.63, 3.8) is 0 Å². The molecule has 366 valence electrons. The molecule has 22 heteroatoms. The molecule has 0 aliphatic carbocycles. The van der Waals surface area contributed by atoms with Crippen LogP contribution in [0, 0.1) is 5.92 Å². The van der Waals surface area contributed by atoms with E-state index in [-0.39, 0.29) is 43.4 Å². The van der Waals surface area contributed by atoms with Gasteiger partial charge in [0.25, 0.3) is 25.8 Å². The molecule has 0 unspecified atom stereocenters. The van der Waals surface area contributed by atoms with Crippen LogP contribution in [0.4, 0.5) is 24.5 Å². The van der Waals surface area contributed by atoms with Gasteiger partial charge in [0.15, 0.2) is 0 Å². The highest BCUT2D eigenvalue weighted by Crippen LogP contribution is 2.39. The van der Waals surface area contributed by atoms with Crippen LogP contribution in [-0.4, -0.2) is 99.2 Å². The van der Waals surface area contributed by atoms with Crippen molar-refractivity contribution in [3.8, 4) is 11.1 Å². The highest BCUT2D eigenvalue weighted by atomic mass is 35.5. The summed E-state index contributed by atoms with van der Waals surface area (Å²) in [6, 6.07) is 31.6. The highest BCUT2D eigenvalue weighted by Gasteiger charge is 2.48. The Morgan fingerprint density at radius 2 is 1.56 bits per heavy atom. The Morgan fingerprint density at radius 1 is 0.912 bits per heavy atom. The van der Waals surface area contributed by atoms with Crippen LogP contribution in [0.25, 0.3) is 11.1 Å². The van der Waals surface area contributed by atoms with Crippen molar-refractivity contribution in [2.24, 2.45) is 5.92 Å². The number of likely N-dealkylation sites (N-methyl/N-ethyl adjacent to an activating group) is 1. The van der Waals surface area contributed by atoms with Crippen LogP contribution in [0.2, 0.25) is 5.02 Å². The maximum Gasteiger partial charge on any atom is 0.501 e. The number of piperidine rings is 1. The van der Waals surface area contributed by atoms with Gasteiger partial charge in [-0.05, 0) is 115 Å². The van der Waals surface area contributed by atoms with Crippen LogP contribution in [0.5, 0.6) is 0 Å². The minimum atomic E-state index is -6.17. The number of benzene rings is 5. The summed E-state index contributed by atoms with van der Waals surface area (Å²) in [6.45, 7) is 3.40. The fraction of sp³-hybridized carbons (Fsp3) is 0.326. The summed E-state index contributed by atoms with van der Waals surface area (Å²) >= 11 is 7.42. The number of nitrogens with zero attached hydrogens (tertiary/aromatic N) is 2. The molecule has 6 rings (SSSR count). The second-order valence-corrected chi connectivity index (χ2v) is 22.3. The number of hydrogen-bond acceptors (Lipinski definition) is 12. The number of carbonyl (C=O) groups excluding carboxylic acids is 1. The zero-order chi connectivity index (χ0) is 49.3. The van der Waals surface area contributed by atoms with Crippen LogP contribution in [-0.2, 0) is 28.9 Å². The smallest absolute Gasteiger partial charge is 0.388 e. The lowest BCUT2D eigenvalue weighted by Crippen LogP contribution is -2.36. The van der Waals surface area contributed by atoms with E-state index in [1.165, 1.54) is 23.9 Å². The number of sulfonamides is 1. The standard InChI is InChI=1S/C46H51ClF3N4O10PS3/c1-2-53(28-29-64-65(57,58)59)25-24-36(31-66-38-8-4-3-5-9-38)51-42-21-20-39(30-43(42)67(60,61)46(48,49)50)68(62,63)52-45(56)34-14-18-37(19-15-34)54-26-22-33(23-27-54)44(55)41-11-7-6-10-40(41)32-12-16-35(47)17-13-32/h3-21,30,33,36,44,51,55H,2,22-29,31H2,1H3,(H,52,56)(H2,57,58,59)/t36-,44-/m0/s1. The third-order valence-electron chi connectivity index (χ3n) is 11.5. The number of halogens is 4. The number of phosphoric acid groups is 1. The van der Waals surface area contributed by atoms with Crippen LogP contribution in [0.15, 0.2) is 136 Å². The molecular weight excluding hydrogens is 988 g/mol. The minimum Gasteiger partial charge on any atom is -0.388 e. The number of aliphatic hydroxyl groups is 1. The molecule has 14 nitrogen and oxygen atoms in total. The van der Waals surface area contributed by atoms with Crippen molar-refractivity contribution < 1.29 is 58.8 Å². The summed E-state index contributed by atoms with van der Waals surface area (Å²) < 4.78 is 114. The van der Waals surface area contributed by atoms with Gasteiger partial charge in [0.2, 0.25) is 0 Å². The molecule has 1 aliphatic rings. The van der Waals surface area contributed by atoms with E-state index in [9.17, 15) is 44.5 Å². The summed E-state index contributed by atoms with van der Waals surface area (Å²) in [4.78, 5) is 33.8. The summed E-state index contributed by atoms with van der Waals surface area (Å²) in [6.07, 6.45) is 0.784. The van der Waals surface area contributed by atoms with Gasteiger partial charge in [0.05, 0.1) is 23.3 Å². The Bertz CT molecular complexity index is 2770. The van der Waals surface area contributed by atoms with Crippen LogP contribution in [0.1, 0.15) is 48.2 Å². The molecular formula is C46H51ClF3N4O10PS3. The molecule has 5 N–H and O–H groups in total. The Labute approximate surface area is 403 Å². The maximum atomic E-state index is 14.2. The number of anilines is 2. The molecule has 1 saturated heterocycles. The van der Waals surface area contributed by atoms with Crippen LogP contribution in [0.3, 0.4) is 0 Å². The van der Waals surface area contributed by atoms with Crippen molar-refractivity contribution in [1.82, 2.24) is 9.62 Å². The van der Waals surface area contributed by atoms with Crippen molar-refractivity contribution in [2.75, 3.05) is 55.3 Å². The quantitative estimate of drug-likeness (QED) is 0.0345. The summed E-state index contributed by atoms with van der Waals surface area (Å²) in [5, 5.41) is 15.0. The number of sulfone groups is 1. The molecule has 1 amide bonds. The molecule has 5 aromatic carbocycles. The van der Waals surface area contributed by atoms with E-state index in [1.54, 1.807) is 54.3 Å². The monoisotopic (exact) mass is 1040 g/mol. The zero-order valence-corrected chi connectivity index (χ0v) is 40.7. The molecule has 1 heterocycles. The van der Waals surface area contributed by atoms with Crippen molar-refractivity contribution in [3.05, 3.63) is 137 Å². The predicted molar refractivity (Wildman–Crippen MR) is 257 cm³/mol. The summed E-state index contributed by atoms with van der Waals surface area (Å²) in [5.74, 6) is -0.936. The van der Waals surface area contributed by atoms with E-state index in [0.717, 1.165) is 39.4 Å². The van der Waals surface area contributed by atoms with Gasteiger partial charge >= 0.3 is 13.3 Å². The van der Waals surface area contributed by atoms with Crippen LogP contribution >= 0.6 is 31.2 Å². The van der Waals surface area contributed by atoms with E-state index in [2.05, 4.69) is 14.7 Å². The lowest BCUT2D eigenvalue weighted by molar-refractivity contribution is -0.0436. The highest BCUT2D eigenvalue weighted by molar-refractivity contribution is 7.99. The number of phosphoric ester groups is 1. The summed E-state index contributed by atoms with van der Waals surface area (Å²) in [7, 11) is -15.8.